The molecule has 0 aliphatic carbocycles. The summed E-state index contributed by atoms with van der Waals surface area (Å²) in [7, 11) is 1.91. The summed E-state index contributed by atoms with van der Waals surface area (Å²) >= 11 is 5.11. The first-order valence-corrected chi connectivity index (χ1v) is 7.33. The number of hydrogen-bond acceptors (Lipinski definition) is 3. The van der Waals surface area contributed by atoms with Crippen LogP contribution in [0.15, 0.2) is 0 Å². The lowest BCUT2D eigenvalue weighted by Gasteiger charge is -2.17. The van der Waals surface area contributed by atoms with Gasteiger partial charge in [-0.3, -0.25) is 4.68 Å². The van der Waals surface area contributed by atoms with Gasteiger partial charge in [-0.15, -0.1) is 0 Å². The number of hydrogen-bond donors (Lipinski definition) is 2. The second-order valence-corrected chi connectivity index (χ2v) is 6.11. The maximum Gasteiger partial charge on any atom is 0.134 e. The molecular formula is C14H26N4S. The molecular weight excluding hydrogens is 256 g/mol. The standard InChI is InChI=1S/C14H26N4S/c1-9(2)7-6-8-10(3)16-14-12(13(15)19)11(4)17-18(14)5/h9-10,16H,6-8H2,1-5H3,(H2,15,19). The second kappa shape index (κ2) is 6.89. The van der Waals surface area contributed by atoms with E-state index in [1.807, 2.05) is 18.7 Å². The van der Waals surface area contributed by atoms with Gasteiger partial charge in [-0.2, -0.15) is 5.10 Å². The van der Waals surface area contributed by atoms with Crippen molar-refractivity contribution in [3.8, 4) is 0 Å². The summed E-state index contributed by atoms with van der Waals surface area (Å²) in [5.74, 6) is 1.69. The smallest absolute Gasteiger partial charge is 0.134 e. The zero-order valence-electron chi connectivity index (χ0n) is 12.7. The lowest BCUT2D eigenvalue weighted by molar-refractivity contribution is 0.519. The van der Waals surface area contributed by atoms with Crippen LogP contribution >= 0.6 is 12.2 Å². The highest BCUT2D eigenvalue weighted by Gasteiger charge is 2.17. The number of nitrogens with one attached hydrogen (secondary N) is 1. The summed E-state index contributed by atoms with van der Waals surface area (Å²) in [4.78, 5) is 0.405. The molecule has 108 valence electrons. The molecule has 1 aromatic rings. The molecule has 1 heterocycles. The van der Waals surface area contributed by atoms with Crippen LogP contribution in [0.4, 0.5) is 5.82 Å². The zero-order valence-corrected chi connectivity index (χ0v) is 13.5. The second-order valence-electron chi connectivity index (χ2n) is 5.67. The SMILES string of the molecule is Cc1nn(C)c(NC(C)CCCC(C)C)c1C(N)=S. The van der Waals surface area contributed by atoms with Gasteiger partial charge in [0.1, 0.15) is 10.8 Å². The monoisotopic (exact) mass is 282 g/mol. The van der Waals surface area contributed by atoms with Crippen molar-refractivity contribution in [1.82, 2.24) is 9.78 Å². The number of aryl methyl sites for hydroxylation is 2. The number of thiocarbonyl (C=S) groups is 1. The van der Waals surface area contributed by atoms with Gasteiger partial charge >= 0.3 is 0 Å². The van der Waals surface area contributed by atoms with E-state index in [4.69, 9.17) is 18.0 Å². The van der Waals surface area contributed by atoms with Gasteiger partial charge < -0.3 is 11.1 Å². The Kier molecular flexibility index (Phi) is 5.79. The van der Waals surface area contributed by atoms with Crippen LogP contribution in [-0.4, -0.2) is 20.8 Å². The van der Waals surface area contributed by atoms with Crippen molar-refractivity contribution in [3.63, 3.8) is 0 Å². The Labute approximate surface area is 121 Å². The minimum atomic E-state index is 0.390. The highest BCUT2D eigenvalue weighted by atomic mass is 32.1. The maximum absolute atomic E-state index is 5.78. The van der Waals surface area contributed by atoms with Crippen molar-refractivity contribution < 1.29 is 0 Å². The van der Waals surface area contributed by atoms with Crippen molar-refractivity contribution in [3.05, 3.63) is 11.3 Å². The average Bonchev–Trinajstić information content (AvgIpc) is 2.53. The fourth-order valence-corrected chi connectivity index (χ4v) is 2.50. The first-order chi connectivity index (χ1) is 8.82. The Bertz CT molecular complexity index is 437. The molecule has 1 unspecified atom stereocenters. The van der Waals surface area contributed by atoms with E-state index < -0.39 is 0 Å². The number of nitrogens with two attached hydrogens (primary N) is 1. The van der Waals surface area contributed by atoms with Gasteiger partial charge in [-0.05, 0) is 26.2 Å². The Morgan fingerprint density at radius 3 is 2.53 bits per heavy atom. The molecule has 19 heavy (non-hydrogen) atoms. The van der Waals surface area contributed by atoms with Gasteiger partial charge in [0, 0.05) is 13.1 Å². The molecule has 0 aromatic carbocycles. The van der Waals surface area contributed by atoms with Gasteiger partial charge in [0.15, 0.2) is 0 Å². The van der Waals surface area contributed by atoms with Crippen LogP contribution in [0.5, 0.6) is 0 Å². The summed E-state index contributed by atoms with van der Waals surface area (Å²) in [5.41, 5.74) is 7.53. The summed E-state index contributed by atoms with van der Waals surface area (Å²) in [5, 5.41) is 7.87. The van der Waals surface area contributed by atoms with E-state index in [0.29, 0.717) is 11.0 Å². The third-order valence-electron chi connectivity index (χ3n) is 3.27. The molecule has 0 aliphatic rings. The van der Waals surface area contributed by atoms with Crippen molar-refractivity contribution in [1.29, 1.82) is 0 Å². The minimum absolute atomic E-state index is 0.390. The number of rotatable bonds is 7. The van der Waals surface area contributed by atoms with E-state index in [1.165, 1.54) is 12.8 Å². The maximum atomic E-state index is 5.78. The molecule has 0 spiro atoms. The number of anilines is 1. The quantitative estimate of drug-likeness (QED) is 0.755. The normalized spacial score (nSPS) is 12.7. The average molecular weight is 282 g/mol. The summed E-state index contributed by atoms with van der Waals surface area (Å²) in [6.45, 7) is 8.64. The van der Waals surface area contributed by atoms with E-state index in [0.717, 1.165) is 29.4 Å². The summed E-state index contributed by atoms with van der Waals surface area (Å²) < 4.78 is 1.82. The molecule has 0 bridgehead atoms. The fraction of sp³-hybridized carbons (Fsp3) is 0.714. The first-order valence-electron chi connectivity index (χ1n) is 6.92. The predicted molar refractivity (Wildman–Crippen MR) is 85.6 cm³/mol. The molecule has 1 aromatic heterocycles. The van der Waals surface area contributed by atoms with Crippen LogP contribution in [-0.2, 0) is 7.05 Å². The van der Waals surface area contributed by atoms with Crippen molar-refractivity contribution in [2.45, 2.75) is 53.0 Å². The number of nitrogens with zero attached hydrogens (tertiary/aromatic N) is 2. The summed E-state index contributed by atoms with van der Waals surface area (Å²) in [6, 6.07) is 0.390. The zero-order chi connectivity index (χ0) is 14.6. The Morgan fingerprint density at radius 2 is 2.00 bits per heavy atom. The predicted octanol–water partition coefficient (Wildman–Crippen LogP) is 2.99. The van der Waals surface area contributed by atoms with Crippen molar-refractivity contribution in [2.75, 3.05) is 5.32 Å². The van der Waals surface area contributed by atoms with Crippen LogP contribution < -0.4 is 11.1 Å². The minimum Gasteiger partial charge on any atom is -0.389 e. The molecule has 0 radical (unpaired) electrons. The molecule has 3 N–H and O–H groups in total. The molecule has 1 atom stereocenters. The lowest BCUT2D eigenvalue weighted by atomic mass is 10.0. The van der Waals surface area contributed by atoms with Crippen LogP contribution in [0.2, 0.25) is 0 Å². The molecule has 0 saturated carbocycles. The van der Waals surface area contributed by atoms with Crippen molar-refractivity contribution in [2.24, 2.45) is 18.7 Å². The molecule has 0 amide bonds. The molecule has 4 nitrogen and oxygen atoms in total. The third kappa shape index (κ3) is 4.49. The number of aromatic nitrogens is 2. The van der Waals surface area contributed by atoms with Crippen LogP contribution in [0.3, 0.4) is 0 Å². The summed E-state index contributed by atoms with van der Waals surface area (Å²) in [6.07, 6.45) is 3.63. The lowest BCUT2D eigenvalue weighted by Crippen LogP contribution is -2.21. The van der Waals surface area contributed by atoms with Crippen LogP contribution in [0.1, 0.15) is 51.3 Å². The molecule has 5 heteroatoms. The fourth-order valence-electron chi connectivity index (χ4n) is 2.26. The topological polar surface area (TPSA) is 55.9 Å². The van der Waals surface area contributed by atoms with E-state index in [1.54, 1.807) is 0 Å². The van der Waals surface area contributed by atoms with Gasteiger partial charge in [-0.1, -0.05) is 38.9 Å². The van der Waals surface area contributed by atoms with E-state index >= 15 is 0 Å². The molecule has 0 fully saturated rings. The Balaban J connectivity index is 2.68. The molecule has 0 saturated heterocycles. The highest BCUT2D eigenvalue weighted by molar-refractivity contribution is 7.80. The molecule has 0 aliphatic heterocycles. The van der Waals surface area contributed by atoms with Gasteiger partial charge in [-0.25, -0.2) is 0 Å². The van der Waals surface area contributed by atoms with Gasteiger partial charge in [0.25, 0.3) is 0 Å². The highest BCUT2D eigenvalue weighted by Crippen LogP contribution is 2.20. The Morgan fingerprint density at radius 1 is 1.37 bits per heavy atom. The van der Waals surface area contributed by atoms with Gasteiger partial charge in [0.05, 0.1) is 11.3 Å². The van der Waals surface area contributed by atoms with Gasteiger partial charge in [0.2, 0.25) is 0 Å². The van der Waals surface area contributed by atoms with E-state index in [2.05, 4.69) is 31.2 Å². The first kappa shape index (κ1) is 16.0. The van der Waals surface area contributed by atoms with E-state index in [9.17, 15) is 0 Å². The van der Waals surface area contributed by atoms with Crippen molar-refractivity contribution >= 4 is 23.0 Å². The molecule has 1 rings (SSSR count). The largest absolute Gasteiger partial charge is 0.389 e. The van der Waals surface area contributed by atoms with Crippen LogP contribution in [0, 0.1) is 12.8 Å². The Hall–Kier alpha value is -1.10. The van der Waals surface area contributed by atoms with Crippen LogP contribution in [0.25, 0.3) is 0 Å². The third-order valence-corrected chi connectivity index (χ3v) is 3.47. The van der Waals surface area contributed by atoms with E-state index in [-0.39, 0.29) is 0 Å².